The van der Waals surface area contributed by atoms with Gasteiger partial charge in [0.25, 0.3) is 0 Å². The van der Waals surface area contributed by atoms with Crippen molar-refractivity contribution in [2.45, 2.75) is 77.6 Å². The lowest BCUT2D eigenvalue weighted by Gasteiger charge is -2.06. The second-order valence-corrected chi connectivity index (χ2v) is 6.96. The van der Waals surface area contributed by atoms with Gasteiger partial charge in [-0.15, -0.1) is 0 Å². The van der Waals surface area contributed by atoms with Gasteiger partial charge in [0.2, 0.25) is 5.91 Å². The van der Waals surface area contributed by atoms with Crippen LogP contribution < -0.4 is 0 Å². The minimum Gasteiger partial charge on any atom is -0.481 e. The molecule has 0 spiro atoms. The van der Waals surface area contributed by atoms with E-state index in [2.05, 4.69) is 43.4 Å². The third kappa shape index (κ3) is 11.4. The van der Waals surface area contributed by atoms with Crippen molar-refractivity contribution in [3.63, 3.8) is 0 Å². The van der Waals surface area contributed by atoms with E-state index in [1.807, 2.05) is 0 Å². The lowest BCUT2D eigenvalue weighted by atomic mass is 10.1. The summed E-state index contributed by atoms with van der Waals surface area (Å²) >= 11 is 0. The van der Waals surface area contributed by atoms with Gasteiger partial charge in [-0.3, -0.25) is 14.2 Å². The molecule has 4 heteroatoms. The summed E-state index contributed by atoms with van der Waals surface area (Å²) in [4.78, 5) is 23.0. The van der Waals surface area contributed by atoms with Crippen LogP contribution in [0.2, 0.25) is 0 Å². The first-order chi connectivity index (χ1) is 13.6. The van der Waals surface area contributed by atoms with Crippen molar-refractivity contribution in [2.24, 2.45) is 0 Å². The van der Waals surface area contributed by atoms with E-state index < -0.39 is 5.97 Å². The van der Waals surface area contributed by atoms with Crippen LogP contribution in [0.15, 0.2) is 54.8 Å². The van der Waals surface area contributed by atoms with Gasteiger partial charge in [0.1, 0.15) is 0 Å². The number of unbranched alkanes of at least 4 members (excludes halogenated alkanes) is 5. The number of hydrogen-bond donors (Lipinski definition) is 1. The molecule has 4 nitrogen and oxygen atoms in total. The van der Waals surface area contributed by atoms with Crippen molar-refractivity contribution in [3.05, 3.63) is 60.5 Å². The van der Waals surface area contributed by atoms with Crippen molar-refractivity contribution < 1.29 is 14.7 Å². The van der Waals surface area contributed by atoms with Crippen molar-refractivity contribution in [3.8, 4) is 0 Å². The summed E-state index contributed by atoms with van der Waals surface area (Å²) in [6.45, 7) is 2.23. The van der Waals surface area contributed by atoms with Gasteiger partial charge in [-0.25, -0.2) is 0 Å². The third-order valence-corrected chi connectivity index (χ3v) is 4.46. The summed E-state index contributed by atoms with van der Waals surface area (Å²) in [5, 5.41) is 8.87. The predicted octanol–water partition coefficient (Wildman–Crippen LogP) is 6.34. The number of allylic oxidation sites excluding steroid dienone is 6. The van der Waals surface area contributed by atoms with Gasteiger partial charge in [-0.2, -0.15) is 0 Å². The molecule has 0 aromatic carbocycles. The molecule has 154 valence electrons. The van der Waals surface area contributed by atoms with Crippen LogP contribution >= 0.6 is 0 Å². The van der Waals surface area contributed by atoms with Gasteiger partial charge in [0.15, 0.2) is 0 Å². The Morgan fingerprint density at radius 3 is 2.14 bits per heavy atom. The molecule has 0 radical (unpaired) electrons. The zero-order valence-corrected chi connectivity index (χ0v) is 17.2. The molecule has 1 heterocycles. The topological polar surface area (TPSA) is 59.3 Å². The first-order valence-corrected chi connectivity index (χ1v) is 10.5. The fourth-order valence-electron chi connectivity index (χ4n) is 2.91. The lowest BCUT2D eigenvalue weighted by Crippen LogP contribution is -2.15. The Balaban J connectivity index is 2.08. The Morgan fingerprint density at radius 2 is 1.54 bits per heavy atom. The van der Waals surface area contributed by atoms with Crippen molar-refractivity contribution >= 4 is 11.9 Å². The average molecular weight is 386 g/mol. The maximum atomic E-state index is 12.2. The van der Waals surface area contributed by atoms with Gasteiger partial charge >= 0.3 is 5.97 Å². The summed E-state index contributed by atoms with van der Waals surface area (Å²) in [6, 6.07) is 3.40. The van der Waals surface area contributed by atoms with Crippen LogP contribution in [-0.4, -0.2) is 21.6 Å². The summed E-state index contributed by atoms with van der Waals surface area (Å²) in [7, 11) is 0. The number of carbonyl (C=O) groups excluding carboxylic acids is 1. The van der Waals surface area contributed by atoms with E-state index in [9.17, 15) is 9.59 Å². The highest BCUT2D eigenvalue weighted by atomic mass is 16.4. The maximum Gasteiger partial charge on any atom is 0.309 e. The van der Waals surface area contributed by atoms with Gasteiger partial charge in [-0.05, 0) is 57.1 Å². The van der Waals surface area contributed by atoms with Gasteiger partial charge in [0.05, 0.1) is 6.42 Å². The third-order valence-electron chi connectivity index (χ3n) is 4.46. The molecular formula is C24H35NO3. The van der Waals surface area contributed by atoms with E-state index in [-0.39, 0.29) is 12.3 Å². The molecule has 0 fully saturated rings. The highest BCUT2D eigenvalue weighted by molar-refractivity contribution is 5.81. The number of hydrogen-bond acceptors (Lipinski definition) is 2. The predicted molar refractivity (Wildman–Crippen MR) is 116 cm³/mol. The van der Waals surface area contributed by atoms with E-state index in [0.717, 1.165) is 32.1 Å². The van der Waals surface area contributed by atoms with Crippen LogP contribution in [0.4, 0.5) is 0 Å². The molecule has 0 amide bonds. The monoisotopic (exact) mass is 385 g/mol. The molecular weight excluding hydrogens is 350 g/mol. The van der Waals surface area contributed by atoms with Gasteiger partial charge in [-0.1, -0.05) is 56.2 Å². The smallest absolute Gasteiger partial charge is 0.309 e. The van der Waals surface area contributed by atoms with E-state index in [1.165, 1.54) is 30.3 Å². The van der Waals surface area contributed by atoms with E-state index in [0.29, 0.717) is 12.1 Å². The minimum atomic E-state index is -0.921. The second kappa shape index (κ2) is 15.7. The lowest BCUT2D eigenvalue weighted by molar-refractivity contribution is -0.136. The molecule has 0 aliphatic heterocycles. The number of aliphatic carboxylic acids is 1. The van der Waals surface area contributed by atoms with E-state index in [1.54, 1.807) is 18.3 Å². The number of carboxylic acids is 1. The zero-order valence-electron chi connectivity index (χ0n) is 17.2. The standard InChI is InChI=1S/C24H35NO3/c1-2-3-4-5-6-7-8-9-10-11-12-13-14-15-16-19-23(26)25-20-17-18-22(25)21-24(27)28/h6-7,9-10,12-13,17-18,20H,2-5,8,11,14-16,19,21H2,1H3,(H,27,28)/b7-6+,10-9+,13-12+. The van der Waals surface area contributed by atoms with Crippen LogP contribution in [0.25, 0.3) is 0 Å². The van der Waals surface area contributed by atoms with Crippen molar-refractivity contribution in [1.29, 1.82) is 0 Å². The van der Waals surface area contributed by atoms with Crippen LogP contribution in [0, 0.1) is 0 Å². The van der Waals surface area contributed by atoms with Crippen LogP contribution in [0.1, 0.15) is 81.6 Å². The molecule has 1 rings (SSSR count). The van der Waals surface area contributed by atoms with Crippen molar-refractivity contribution in [2.75, 3.05) is 0 Å². The van der Waals surface area contributed by atoms with Crippen LogP contribution in [0.5, 0.6) is 0 Å². The SMILES string of the molecule is CCCCC/C=C/C/C=C/C/C=C/CCCCC(=O)n1cccc1CC(=O)O. The average Bonchev–Trinajstić information content (AvgIpc) is 3.12. The number of nitrogens with zero attached hydrogens (tertiary/aromatic N) is 1. The zero-order chi connectivity index (χ0) is 20.5. The van der Waals surface area contributed by atoms with E-state index in [4.69, 9.17) is 5.11 Å². The molecule has 0 aliphatic carbocycles. The molecule has 0 saturated heterocycles. The van der Waals surface area contributed by atoms with Gasteiger partial charge in [0, 0.05) is 18.3 Å². The minimum absolute atomic E-state index is 0.0316. The summed E-state index contributed by atoms with van der Waals surface area (Å²) in [6.07, 6.45) is 25.0. The molecule has 28 heavy (non-hydrogen) atoms. The Kier molecular flexibility index (Phi) is 13.3. The Hall–Kier alpha value is -2.36. The fourth-order valence-corrected chi connectivity index (χ4v) is 2.91. The largest absolute Gasteiger partial charge is 0.481 e. The summed E-state index contributed by atoms with van der Waals surface area (Å²) in [5.74, 6) is -0.953. The number of aromatic nitrogens is 1. The number of carbonyl (C=O) groups is 2. The van der Waals surface area contributed by atoms with Crippen LogP contribution in [-0.2, 0) is 11.2 Å². The Morgan fingerprint density at radius 1 is 0.929 bits per heavy atom. The first kappa shape index (κ1) is 23.7. The Bertz CT molecular complexity index is 653. The molecule has 1 N–H and O–H groups in total. The quantitative estimate of drug-likeness (QED) is 0.283. The molecule has 1 aromatic rings. The highest BCUT2D eigenvalue weighted by Gasteiger charge is 2.11. The summed E-state index contributed by atoms with van der Waals surface area (Å²) < 4.78 is 1.47. The molecule has 0 bridgehead atoms. The van der Waals surface area contributed by atoms with Gasteiger partial charge < -0.3 is 5.11 Å². The van der Waals surface area contributed by atoms with Crippen molar-refractivity contribution in [1.82, 2.24) is 4.57 Å². The molecule has 1 aromatic heterocycles. The fraction of sp³-hybridized carbons (Fsp3) is 0.500. The molecule has 0 saturated carbocycles. The van der Waals surface area contributed by atoms with Crippen LogP contribution in [0.3, 0.4) is 0 Å². The molecule has 0 atom stereocenters. The number of carboxylic acid groups (broad SMARTS) is 1. The molecule has 0 aliphatic rings. The normalized spacial score (nSPS) is 11.9. The Labute approximate surface area is 169 Å². The second-order valence-electron chi connectivity index (χ2n) is 6.96. The first-order valence-electron chi connectivity index (χ1n) is 10.5. The highest BCUT2D eigenvalue weighted by Crippen LogP contribution is 2.09. The maximum absolute atomic E-state index is 12.2. The molecule has 0 unspecified atom stereocenters. The summed E-state index contributed by atoms with van der Waals surface area (Å²) in [5.41, 5.74) is 0.542. The van der Waals surface area contributed by atoms with E-state index >= 15 is 0 Å². The number of rotatable bonds is 15.